The maximum atomic E-state index is 5.62. The van der Waals surface area contributed by atoms with Gasteiger partial charge in [-0.15, -0.1) is 0 Å². The molecule has 2 aromatic rings. The van der Waals surface area contributed by atoms with Crippen LogP contribution in [0.1, 0.15) is 23.8 Å². The number of hydrogen-bond acceptors (Lipinski definition) is 5. The summed E-state index contributed by atoms with van der Waals surface area (Å²) in [6.07, 6.45) is 2.56. The van der Waals surface area contributed by atoms with Gasteiger partial charge in [0.1, 0.15) is 12.4 Å². The molecule has 1 saturated heterocycles. The summed E-state index contributed by atoms with van der Waals surface area (Å²) in [6, 6.07) is 14.7. The van der Waals surface area contributed by atoms with Gasteiger partial charge in [0.05, 0.1) is 25.5 Å². The molecule has 2 N–H and O–H groups in total. The predicted octanol–water partition coefficient (Wildman–Crippen LogP) is 2.42. The molecule has 1 aromatic heterocycles. The molecule has 1 fully saturated rings. The van der Waals surface area contributed by atoms with Crippen molar-refractivity contribution in [1.29, 1.82) is 0 Å². The van der Waals surface area contributed by atoms with Crippen LogP contribution in [0, 0.1) is 0 Å². The Morgan fingerprint density at radius 2 is 1.97 bits per heavy atom. The summed E-state index contributed by atoms with van der Waals surface area (Å²) in [5.74, 6) is 1.66. The number of aliphatic imine (C=N–C) groups is 1. The predicted molar refractivity (Wildman–Crippen MR) is 114 cm³/mol. The summed E-state index contributed by atoms with van der Waals surface area (Å²) in [7, 11) is 1.80. The maximum Gasteiger partial charge on any atom is 0.191 e. The molecule has 0 radical (unpaired) electrons. The van der Waals surface area contributed by atoms with E-state index < -0.39 is 0 Å². The van der Waals surface area contributed by atoms with Gasteiger partial charge in [-0.2, -0.15) is 0 Å². The first-order valence-corrected chi connectivity index (χ1v) is 10.3. The van der Waals surface area contributed by atoms with Crippen molar-refractivity contribution in [2.24, 2.45) is 4.99 Å². The molecule has 158 valence electrons. The van der Waals surface area contributed by atoms with Crippen LogP contribution in [0.25, 0.3) is 0 Å². The van der Waals surface area contributed by atoms with Gasteiger partial charge in [0.15, 0.2) is 5.96 Å². The van der Waals surface area contributed by atoms with Crippen LogP contribution in [0.3, 0.4) is 0 Å². The smallest absolute Gasteiger partial charge is 0.191 e. The minimum Gasteiger partial charge on any atom is -0.467 e. The van der Waals surface area contributed by atoms with Crippen LogP contribution in [-0.2, 0) is 16.1 Å². The van der Waals surface area contributed by atoms with E-state index in [9.17, 15) is 0 Å². The largest absolute Gasteiger partial charge is 0.467 e. The molecule has 29 heavy (non-hydrogen) atoms. The summed E-state index contributed by atoms with van der Waals surface area (Å²) in [5, 5.41) is 6.84. The fraction of sp³-hybridized carbons (Fsp3) is 0.500. The molecule has 1 aliphatic rings. The van der Waals surface area contributed by atoms with Crippen molar-refractivity contribution in [1.82, 2.24) is 15.5 Å². The third-order valence-electron chi connectivity index (χ3n) is 4.94. The molecule has 0 aliphatic carbocycles. The molecule has 0 saturated carbocycles. The number of benzene rings is 1. The second-order valence-electron chi connectivity index (χ2n) is 6.94. The Morgan fingerprint density at radius 3 is 2.69 bits per heavy atom. The zero-order chi connectivity index (χ0) is 20.2. The van der Waals surface area contributed by atoms with Crippen LogP contribution in [0.15, 0.2) is 58.1 Å². The van der Waals surface area contributed by atoms with Crippen LogP contribution in [0.2, 0.25) is 0 Å². The van der Waals surface area contributed by atoms with Crippen molar-refractivity contribution in [3.63, 3.8) is 0 Å². The van der Waals surface area contributed by atoms with E-state index in [-0.39, 0.29) is 6.04 Å². The Bertz CT molecular complexity index is 700. The molecular formula is C22H32N4O3. The Morgan fingerprint density at radius 1 is 1.14 bits per heavy atom. The van der Waals surface area contributed by atoms with Crippen LogP contribution in [0.5, 0.6) is 0 Å². The van der Waals surface area contributed by atoms with Gasteiger partial charge in [0.2, 0.25) is 0 Å². The monoisotopic (exact) mass is 400 g/mol. The molecule has 0 spiro atoms. The number of nitrogens with one attached hydrogen (secondary N) is 2. The van der Waals surface area contributed by atoms with Crippen molar-refractivity contribution >= 4 is 5.96 Å². The minimum absolute atomic E-state index is 0.287. The number of furan rings is 1. The van der Waals surface area contributed by atoms with Gasteiger partial charge in [-0.3, -0.25) is 9.89 Å². The number of nitrogens with zero attached hydrogens (tertiary/aromatic N) is 2. The summed E-state index contributed by atoms with van der Waals surface area (Å²) in [4.78, 5) is 6.83. The summed E-state index contributed by atoms with van der Waals surface area (Å²) < 4.78 is 16.4. The lowest BCUT2D eigenvalue weighted by atomic mass is 10.0. The van der Waals surface area contributed by atoms with Crippen molar-refractivity contribution in [3.05, 3.63) is 60.1 Å². The van der Waals surface area contributed by atoms with Crippen molar-refractivity contribution in [2.45, 2.75) is 19.1 Å². The molecule has 0 bridgehead atoms. The summed E-state index contributed by atoms with van der Waals surface area (Å²) in [6.45, 7) is 6.23. The molecular weight excluding hydrogens is 368 g/mol. The zero-order valence-electron chi connectivity index (χ0n) is 17.2. The summed E-state index contributed by atoms with van der Waals surface area (Å²) >= 11 is 0. The summed E-state index contributed by atoms with van der Waals surface area (Å²) in [5.41, 5.74) is 1.31. The number of guanidine groups is 1. The molecule has 7 nitrogen and oxygen atoms in total. The van der Waals surface area contributed by atoms with Gasteiger partial charge in [0.25, 0.3) is 0 Å². The second-order valence-corrected chi connectivity index (χ2v) is 6.94. The van der Waals surface area contributed by atoms with Crippen LogP contribution in [0.4, 0.5) is 0 Å². The van der Waals surface area contributed by atoms with E-state index in [1.807, 2.05) is 12.1 Å². The maximum absolute atomic E-state index is 5.62. The first-order chi connectivity index (χ1) is 14.4. The zero-order valence-corrected chi connectivity index (χ0v) is 17.2. The van der Waals surface area contributed by atoms with Crippen molar-refractivity contribution in [3.8, 4) is 0 Å². The lowest BCUT2D eigenvalue weighted by molar-refractivity contribution is 0.0170. The lowest BCUT2D eigenvalue weighted by Gasteiger charge is -2.35. The van der Waals surface area contributed by atoms with Crippen LogP contribution < -0.4 is 10.6 Å². The Kier molecular flexibility index (Phi) is 9.03. The van der Waals surface area contributed by atoms with Gasteiger partial charge in [0, 0.05) is 39.8 Å². The Labute approximate surface area is 173 Å². The fourth-order valence-electron chi connectivity index (χ4n) is 3.38. The van der Waals surface area contributed by atoms with Crippen molar-refractivity contribution < 1.29 is 13.9 Å². The fourth-order valence-corrected chi connectivity index (χ4v) is 3.38. The minimum atomic E-state index is 0.287. The van der Waals surface area contributed by atoms with Gasteiger partial charge < -0.3 is 24.5 Å². The number of hydrogen-bond donors (Lipinski definition) is 2. The SMILES string of the molecule is CN=C(NCCCOCc1ccco1)NCC(c1ccccc1)N1CCOCC1. The van der Waals surface area contributed by atoms with E-state index in [1.165, 1.54) is 5.56 Å². The molecule has 3 rings (SSSR count). The van der Waals surface area contributed by atoms with Gasteiger partial charge in [-0.1, -0.05) is 30.3 Å². The number of rotatable bonds is 10. The molecule has 1 atom stereocenters. The number of ether oxygens (including phenoxy) is 2. The van der Waals surface area contributed by atoms with Gasteiger partial charge >= 0.3 is 0 Å². The van der Waals surface area contributed by atoms with E-state index in [0.29, 0.717) is 13.2 Å². The lowest BCUT2D eigenvalue weighted by Crippen LogP contribution is -2.46. The molecule has 2 heterocycles. The third kappa shape index (κ3) is 7.20. The highest BCUT2D eigenvalue weighted by Crippen LogP contribution is 2.20. The topological polar surface area (TPSA) is 71.3 Å². The molecule has 1 aromatic carbocycles. The highest BCUT2D eigenvalue weighted by Gasteiger charge is 2.22. The molecule has 1 aliphatic heterocycles. The normalized spacial score (nSPS) is 16.5. The van der Waals surface area contributed by atoms with Gasteiger partial charge in [-0.25, -0.2) is 0 Å². The Hall–Kier alpha value is -2.35. The standard InChI is InChI=1S/C22H32N4O3/c1-23-22(24-10-6-13-28-18-20-9-5-14-29-20)25-17-21(19-7-3-2-4-8-19)26-11-15-27-16-12-26/h2-5,7-9,14,21H,6,10-13,15-18H2,1H3,(H2,23,24,25). The van der Waals surface area contributed by atoms with Crippen molar-refractivity contribution in [2.75, 3.05) is 53.0 Å². The molecule has 0 amide bonds. The highest BCUT2D eigenvalue weighted by molar-refractivity contribution is 5.79. The van der Waals surface area contributed by atoms with Crippen LogP contribution in [-0.4, -0.2) is 63.9 Å². The first kappa shape index (κ1) is 21.4. The third-order valence-corrected chi connectivity index (χ3v) is 4.94. The average Bonchev–Trinajstić information content (AvgIpc) is 3.30. The first-order valence-electron chi connectivity index (χ1n) is 10.3. The van der Waals surface area contributed by atoms with E-state index in [4.69, 9.17) is 13.9 Å². The highest BCUT2D eigenvalue weighted by atomic mass is 16.5. The quantitative estimate of drug-likeness (QED) is 0.363. The van der Waals surface area contributed by atoms with E-state index in [2.05, 4.69) is 50.9 Å². The molecule has 1 unspecified atom stereocenters. The average molecular weight is 401 g/mol. The Balaban J connectivity index is 1.41. The molecule has 7 heteroatoms. The van der Waals surface area contributed by atoms with E-state index in [1.54, 1.807) is 13.3 Å². The second kappa shape index (κ2) is 12.3. The van der Waals surface area contributed by atoms with Gasteiger partial charge in [-0.05, 0) is 24.1 Å². The number of morpholine rings is 1. The van der Waals surface area contributed by atoms with E-state index in [0.717, 1.165) is 57.5 Å². The van der Waals surface area contributed by atoms with E-state index >= 15 is 0 Å². The van der Waals surface area contributed by atoms with Crippen LogP contribution >= 0.6 is 0 Å².